The van der Waals surface area contributed by atoms with Crippen molar-refractivity contribution in [2.24, 2.45) is 0 Å². The summed E-state index contributed by atoms with van der Waals surface area (Å²) >= 11 is 0. The number of urea groups is 2. The van der Waals surface area contributed by atoms with Crippen LogP contribution in [0.4, 0.5) is 53.3 Å². The lowest BCUT2D eigenvalue weighted by Crippen LogP contribution is -2.20. The van der Waals surface area contributed by atoms with E-state index < -0.39 is 34.1 Å². The van der Waals surface area contributed by atoms with Crippen LogP contribution in [0.3, 0.4) is 0 Å². The first-order chi connectivity index (χ1) is 24.4. The Labute approximate surface area is 296 Å². The van der Waals surface area contributed by atoms with Gasteiger partial charge in [-0.3, -0.25) is 10.6 Å². The number of aryl methyl sites for hydroxylation is 2. The zero-order valence-electron chi connectivity index (χ0n) is 28.6. The van der Waals surface area contributed by atoms with Crippen LogP contribution in [0.5, 0.6) is 0 Å². The average Bonchev–Trinajstić information content (AvgIpc) is 3.09. The van der Waals surface area contributed by atoms with Gasteiger partial charge in [0.15, 0.2) is 0 Å². The van der Waals surface area contributed by atoms with Crippen LogP contribution in [0, 0.1) is 13.8 Å². The Kier molecular flexibility index (Phi) is 13.0. The number of rotatable bonds is 12. The second-order valence-corrected chi connectivity index (χ2v) is 13.2. The van der Waals surface area contributed by atoms with Gasteiger partial charge in [-0.1, -0.05) is 26.0 Å². The number of amides is 6. The second-order valence-electron chi connectivity index (χ2n) is 11.3. The highest BCUT2D eigenvalue weighted by molar-refractivity contribution is 7.91. The molecular formula is C36H40N6O8S. The van der Waals surface area contributed by atoms with Crippen molar-refractivity contribution in [1.29, 1.82) is 0 Å². The lowest BCUT2D eigenvalue weighted by Gasteiger charge is -2.13. The van der Waals surface area contributed by atoms with Crippen molar-refractivity contribution >= 4 is 68.2 Å². The van der Waals surface area contributed by atoms with E-state index in [-0.39, 0.29) is 23.0 Å². The van der Waals surface area contributed by atoms with E-state index in [2.05, 4.69) is 31.9 Å². The van der Waals surface area contributed by atoms with Crippen LogP contribution in [-0.4, -0.2) is 45.9 Å². The summed E-state index contributed by atoms with van der Waals surface area (Å²) in [5, 5.41) is 16.0. The van der Waals surface area contributed by atoms with Crippen LogP contribution < -0.4 is 31.9 Å². The van der Waals surface area contributed by atoms with Crippen LogP contribution in [0.2, 0.25) is 0 Å². The van der Waals surface area contributed by atoms with Gasteiger partial charge in [-0.2, -0.15) is 0 Å². The van der Waals surface area contributed by atoms with E-state index in [0.717, 1.165) is 11.1 Å². The van der Waals surface area contributed by atoms with Crippen molar-refractivity contribution < 1.29 is 37.1 Å². The third-order valence-corrected chi connectivity index (χ3v) is 8.97. The molecule has 0 bridgehead atoms. The number of nitrogens with one attached hydrogen (secondary N) is 6. The fourth-order valence-electron chi connectivity index (χ4n) is 4.51. The number of ether oxygens (including phenoxy) is 2. The predicted octanol–water partition coefficient (Wildman–Crippen LogP) is 8.34. The maximum absolute atomic E-state index is 13.3. The topological polar surface area (TPSA) is 193 Å². The molecule has 0 aliphatic carbocycles. The molecule has 51 heavy (non-hydrogen) atoms. The minimum atomic E-state index is -3.93. The molecule has 0 unspecified atom stereocenters. The van der Waals surface area contributed by atoms with Crippen molar-refractivity contribution in [2.75, 3.05) is 45.1 Å². The van der Waals surface area contributed by atoms with E-state index in [1.807, 2.05) is 13.8 Å². The van der Waals surface area contributed by atoms with Gasteiger partial charge in [0.2, 0.25) is 9.84 Å². The number of anilines is 6. The molecule has 268 valence electrons. The summed E-state index contributed by atoms with van der Waals surface area (Å²) in [5.41, 5.74) is 3.99. The third-order valence-electron chi connectivity index (χ3n) is 7.18. The van der Waals surface area contributed by atoms with E-state index in [9.17, 15) is 27.6 Å². The maximum Gasteiger partial charge on any atom is 0.411 e. The van der Waals surface area contributed by atoms with E-state index in [1.165, 1.54) is 48.5 Å². The molecule has 4 rings (SSSR count). The Balaban J connectivity index is 1.33. The number of hydrogen-bond donors (Lipinski definition) is 6. The molecule has 0 aliphatic rings. The largest absolute Gasteiger partial charge is 0.449 e. The molecule has 0 atom stereocenters. The van der Waals surface area contributed by atoms with Gasteiger partial charge in [0, 0.05) is 34.1 Å². The standard InChI is InChI=1S/C36H40N6O8S/c1-5-19-49-35(45)39-27-9-7-23(3)31(21-27)41-33(43)37-25-11-15-29(16-12-25)51(47,48)30-17-13-26(14-18-30)38-34(44)42-32-22-28(10-8-24(32)4)40-36(46)50-20-6-2/h7-18,21-22H,5-6,19-20H2,1-4H3,(H,39,45)(H,40,46)(H2,37,41,43)(H2,38,42,44). The molecule has 0 saturated carbocycles. The van der Waals surface area contributed by atoms with Crippen molar-refractivity contribution in [1.82, 2.24) is 0 Å². The quantitative estimate of drug-likeness (QED) is 0.0842. The van der Waals surface area contributed by atoms with Gasteiger partial charge in [-0.15, -0.1) is 0 Å². The molecule has 4 aromatic carbocycles. The van der Waals surface area contributed by atoms with Crippen molar-refractivity contribution in [3.05, 3.63) is 96.1 Å². The smallest absolute Gasteiger partial charge is 0.411 e. The van der Waals surface area contributed by atoms with Gasteiger partial charge in [-0.25, -0.2) is 27.6 Å². The van der Waals surface area contributed by atoms with Crippen LogP contribution in [0.25, 0.3) is 0 Å². The van der Waals surface area contributed by atoms with Crippen LogP contribution in [0.15, 0.2) is 94.7 Å². The zero-order valence-corrected chi connectivity index (χ0v) is 29.4. The Morgan fingerprint density at radius 2 is 0.863 bits per heavy atom. The predicted molar refractivity (Wildman–Crippen MR) is 196 cm³/mol. The molecule has 0 aromatic heterocycles. The number of carbonyl (C=O) groups is 4. The fourth-order valence-corrected chi connectivity index (χ4v) is 5.77. The molecule has 15 heteroatoms. The second kappa shape index (κ2) is 17.5. The summed E-state index contributed by atoms with van der Waals surface area (Å²) in [6.07, 6.45) is 0.175. The molecule has 0 radical (unpaired) electrons. The lowest BCUT2D eigenvalue weighted by atomic mass is 10.2. The van der Waals surface area contributed by atoms with Crippen LogP contribution in [0.1, 0.15) is 37.8 Å². The normalized spacial score (nSPS) is 10.7. The summed E-state index contributed by atoms with van der Waals surface area (Å²) in [5.74, 6) is 0. The van der Waals surface area contributed by atoms with Gasteiger partial charge in [0.1, 0.15) is 0 Å². The fraction of sp³-hybridized carbons (Fsp3) is 0.222. The SMILES string of the molecule is CCCOC(=O)Nc1ccc(C)c(NC(=O)Nc2ccc(S(=O)(=O)c3ccc(NC(=O)Nc4cc(NC(=O)OCCC)ccc4C)cc3)cc2)c1. The minimum Gasteiger partial charge on any atom is -0.449 e. The monoisotopic (exact) mass is 716 g/mol. The lowest BCUT2D eigenvalue weighted by molar-refractivity contribution is 0.161. The molecule has 0 heterocycles. The summed E-state index contributed by atoms with van der Waals surface area (Å²) in [6, 6.07) is 20.2. The summed E-state index contributed by atoms with van der Waals surface area (Å²) in [7, 11) is -3.93. The summed E-state index contributed by atoms with van der Waals surface area (Å²) in [6.45, 7) is 7.93. The number of hydrogen-bond acceptors (Lipinski definition) is 8. The Bertz CT molecular complexity index is 1850. The van der Waals surface area contributed by atoms with Gasteiger partial charge in [-0.05, 0) is 111 Å². The highest BCUT2D eigenvalue weighted by Crippen LogP contribution is 2.26. The Morgan fingerprint density at radius 1 is 0.510 bits per heavy atom. The number of sulfone groups is 1. The van der Waals surface area contributed by atoms with Crippen molar-refractivity contribution in [2.45, 2.75) is 50.3 Å². The van der Waals surface area contributed by atoms with Gasteiger partial charge < -0.3 is 30.7 Å². The number of benzene rings is 4. The molecule has 14 nitrogen and oxygen atoms in total. The molecule has 4 aromatic rings. The molecule has 0 aliphatic heterocycles. The molecule has 0 saturated heterocycles. The third kappa shape index (κ3) is 11.0. The van der Waals surface area contributed by atoms with E-state index in [1.54, 1.807) is 50.2 Å². The summed E-state index contributed by atoms with van der Waals surface area (Å²) < 4.78 is 36.7. The highest BCUT2D eigenvalue weighted by Gasteiger charge is 2.18. The van der Waals surface area contributed by atoms with Gasteiger partial charge in [0.25, 0.3) is 0 Å². The van der Waals surface area contributed by atoms with E-state index >= 15 is 0 Å². The zero-order chi connectivity index (χ0) is 37.0. The first-order valence-corrected chi connectivity index (χ1v) is 17.6. The van der Waals surface area contributed by atoms with E-state index in [4.69, 9.17) is 9.47 Å². The minimum absolute atomic E-state index is 0.000897. The average molecular weight is 717 g/mol. The van der Waals surface area contributed by atoms with E-state index in [0.29, 0.717) is 47.0 Å². The van der Waals surface area contributed by atoms with Crippen LogP contribution >= 0.6 is 0 Å². The molecule has 6 N–H and O–H groups in total. The first-order valence-electron chi connectivity index (χ1n) is 16.1. The Hall–Kier alpha value is -6.09. The molecule has 6 amide bonds. The highest BCUT2D eigenvalue weighted by atomic mass is 32.2. The summed E-state index contributed by atoms with van der Waals surface area (Å²) in [4.78, 5) is 49.2. The number of carbonyl (C=O) groups excluding carboxylic acids is 4. The van der Waals surface area contributed by atoms with Crippen molar-refractivity contribution in [3.8, 4) is 0 Å². The maximum atomic E-state index is 13.3. The van der Waals surface area contributed by atoms with Crippen LogP contribution in [-0.2, 0) is 19.3 Å². The Morgan fingerprint density at radius 3 is 1.22 bits per heavy atom. The molecule has 0 fully saturated rings. The van der Waals surface area contributed by atoms with Gasteiger partial charge in [0.05, 0.1) is 23.0 Å². The van der Waals surface area contributed by atoms with Gasteiger partial charge >= 0.3 is 24.2 Å². The molecule has 0 spiro atoms. The van der Waals surface area contributed by atoms with Crippen molar-refractivity contribution in [3.63, 3.8) is 0 Å². The molecular weight excluding hydrogens is 676 g/mol. The first kappa shape index (κ1) is 37.7.